The van der Waals surface area contributed by atoms with E-state index in [-0.39, 0.29) is 11.5 Å². The molecule has 5 nitrogen and oxygen atoms in total. The molecule has 0 saturated carbocycles. The van der Waals surface area contributed by atoms with Crippen molar-refractivity contribution in [1.82, 2.24) is 4.57 Å². The number of amides is 1. The maximum absolute atomic E-state index is 12.1. The molecule has 0 bridgehead atoms. The van der Waals surface area contributed by atoms with Gasteiger partial charge in [-0.1, -0.05) is 12.1 Å². The fourth-order valence-electron chi connectivity index (χ4n) is 4.26. The van der Waals surface area contributed by atoms with Crippen molar-refractivity contribution in [3.8, 4) is 11.1 Å². The van der Waals surface area contributed by atoms with Crippen molar-refractivity contribution in [3.05, 3.63) is 51.4 Å². The zero-order valence-electron chi connectivity index (χ0n) is 16.0. The van der Waals surface area contributed by atoms with Gasteiger partial charge in [-0.25, -0.2) is 0 Å². The molecule has 27 heavy (non-hydrogen) atoms. The van der Waals surface area contributed by atoms with E-state index in [2.05, 4.69) is 17.4 Å². The van der Waals surface area contributed by atoms with E-state index in [4.69, 9.17) is 4.74 Å². The highest BCUT2D eigenvalue weighted by atomic mass is 16.5. The first-order valence-electron chi connectivity index (χ1n) is 9.73. The second-order valence-electron chi connectivity index (χ2n) is 7.76. The van der Waals surface area contributed by atoms with Crippen molar-refractivity contribution in [3.63, 3.8) is 0 Å². The van der Waals surface area contributed by atoms with Gasteiger partial charge in [0.1, 0.15) is 0 Å². The van der Waals surface area contributed by atoms with Crippen LogP contribution in [0.15, 0.2) is 29.2 Å². The van der Waals surface area contributed by atoms with Crippen LogP contribution in [0.3, 0.4) is 0 Å². The molecule has 3 heterocycles. The summed E-state index contributed by atoms with van der Waals surface area (Å²) in [5, 5.41) is 3.13. The summed E-state index contributed by atoms with van der Waals surface area (Å²) in [5.74, 6) is 0.640. The van der Waals surface area contributed by atoms with Crippen molar-refractivity contribution in [2.24, 2.45) is 13.0 Å². The first kappa shape index (κ1) is 18.0. The Kier molecular flexibility index (Phi) is 4.87. The van der Waals surface area contributed by atoms with E-state index in [1.165, 1.54) is 11.1 Å². The van der Waals surface area contributed by atoms with Crippen LogP contribution in [0, 0.1) is 12.8 Å². The second-order valence-corrected chi connectivity index (χ2v) is 7.76. The van der Waals surface area contributed by atoms with Gasteiger partial charge in [0.2, 0.25) is 5.91 Å². The molecule has 1 N–H and O–H groups in total. The first-order chi connectivity index (χ1) is 13.0. The monoisotopic (exact) mass is 366 g/mol. The third-order valence-corrected chi connectivity index (χ3v) is 5.79. The number of rotatable bonds is 3. The third-order valence-electron chi connectivity index (χ3n) is 5.79. The van der Waals surface area contributed by atoms with Crippen molar-refractivity contribution in [2.45, 2.75) is 39.0 Å². The molecule has 5 heteroatoms. The number of hydrogen-bond donors (Lipinski definition) is 1. The number of benzene rings is 1. The summed E-state index contributed by atoms with van der Waals surface area (Å²) in [7, 11) is 1.79. The number of nitrogens with zero attached hydrogens (tertiary/aromatic N) is 1. The van der Waals surface area contributed by atoms with Gasteiger partial charge in [-0.3, -0.25) is 9.59 Å². The number of ether oxygens (including phenoxy) is 1. The molecule has 0 aliphatic carbocycles. The molecule has 1 aromatic heterocycles. The molecule has 1 saturated heterocycles. The van der Waals surface area contributed by atoms with Gasteiger partial charge in [0, 0.05) is 44.1 Å². The molecule has 2 aliphatic rings. The van der Waals surface area contributed by atoms with E-state index < -0.39 is 0 Å². The highest BCUT2D eigenvalue weighted by Gasteiger charge is 2.24. The van der Waals surface area contributed by atoms with E-state index in [9.17, 15) is 9.59 Å². The molecule has 0 spiro atoms. The number of anilines is 1. The Morgan fingerprint density at radius 3 is 2.70 bits per heavy atom. The summed E-state index contributed by atoms with van der Waals surface area (Å²) in [5.41, 5.74) is 6.29. The summed E-state index contributed by atoms with van der Waals surface area (Å²) in [6.45, 7) is 3.46. The second kappa shape index (κ2) is 7.31. The zero-order chi connectivity index (χ0) is 19.0. The molecular weight excluding hydrogens is 340 g/mol. The van der Waals surface area contributed by atoms with Crippen LogP contribution in [-0.2, 0) is 29.4 Å². The topological polar surface area (TPSA) is 60.3 Å². The maximum atomic E-state index is 12.1. The molecule has 1 amide bonds. The lowest BCUT2D eigenvalue weighted by atomic mass is 9.84. The molecule has 0 atom stereocenters. The average Bonchev–Trinajstić information content (AvgIpc) is 2.67. The number of hydrogen-bond acceptors (Lipinski definition) is 3. The zero-order valence-corrected chi connectivity index (χ0v) is 16.0. The molecule has 1 aromatic carbocycles. The fraction of sp³-hybridized carbons (Fsp3) is 0.455. The Bertz CT molecular complexity index is 913. The summed E-state index contributed by atoms with van der Waals surface area (Å²) in [6.07, 6.45) is 6.24. The Morgan fingerprint density at radius 1 is 1.19 bits per heavy atom. The van der Waals surface area contributed by atoms with Gasteiger partial charge in [0.05, 0.1) is 0 Å². The number of aromatic nitrogens is 1. The standard InChI is InChI=1S/C22H26N2O3/c1-14-11-17(13-24(2)22(14)26)18-5-3-16-4-6-20(25)23-21(16)19(18)12-15-7-9-27-10-8-15/h3,5,11,13,15H,4,6-10,12H2,1-2H3,(H,23,25). The Morgan fingerprint density at radius 2 is 1.96 bits per heavy atom. The smallest absolute Gasteiger partial charge is 0.253 e. The van der Waals surface area contributed by atoms with Crippen LogP contribution >= 0.6 is 0 Å². The normalized spacial score (nSPS) is 17.5. The van der Waals surface area contributed by atoms with Crippen molar-refractivity contribution in [2.75, 3.05) is 18.5 Å². The summed E-state index contributed by atoms with van der Waals surface area (Å²) >= 11 is 0. The minimum atomic E-state index is 0.0241. The number of nitrogens with one attached hydrogen (secondary N) is 1. The first-order valence-corrected chi connectivity index (χ1v) is 9.73. The fourth-order valence-corrected chi connectivity index (χ4v) is 4.26. The third kappa shape index (κ3) is 3.56. The van der Waals surface area contributed by atoms with E-state index >= 15 is 0 Å². The number of pyridine rings is 1. The molecule has 4 rings (SSSR count). The molecular formula is C22H26N2O3. The minimum absolute atomic E-state index is 0.0241. The SMILES string of the molecule is Cc1cc(-c2ccc3c(c2CC2CCOCC2)NC(=O)CC3)cn(C)c1=O. The summed E-state index contributed by atoms with van der Waals surface area (Å²) in [6, 6.07) is 6.24. The summed E-state index contributed by atoms with van der Waals surface area (Å²) in [4.78, 5) is 24.2. The Hall–Kier alpha value is -2.40. The van der Waals surface area contributed by atoms with Crippen molar-refractivity contribution >= 4 is 11.6 Å². The van der Waals surface area contributed by atoms with Crippen LogP contribution in [-0.4, -0.2) is 23.7 Å². The largest absolute Gasteiger partial charge is 0.381 e. The molecule has 1 fully saturated rings. The van der Waals surface area contributed by atoms with Gasteiger partial charge in [0.15, 0.2) is 0 Å². The predicted molar refractivity (Wildman–Crippen MR) is 106 cm³/mol. The highest BCUT2D eigenvalue weighted by molar-refractivity contribution is 5.96. The minimum Gasteiger partial charge on any atom is -0.381 e. The Balaban J connectivity index is 1.84. The maximum Gasteiger partial charge on any atom is 0.253 e. The quantitative estimate of drug-likeness (QED) is 0.907. The van der Waals surface area contributed by atoms with E-state index in [1.807, 2.05) is 19.2 Å². The van der Waals surface area contributed by atoms with Gasteiger partial charge in [-0.15, -0.1) is 0 Å². The van der Waals surface area contributed by atoms with Gasteiger partial charge in [-0.2, -0.15) is 0 Å². The lowest BCUT2D eigenvalue weighted by Gasteiger charge is -2.27. The predicted octanol–water partition coefficient (Wildman–Crippen LogP) is 3.21. The van der Waals surface area contributed by atoms with E-state index in [0.29, 0.717) is 12.3 Å². The van der Waals surface area contributed by atoms with Gasteiger partial charge >= 0.3 is 0 Å². The van der Waals surface area contributed by atoms with E-state index in [1.54, 1.807) is 11.6 Å². The molecule has 0 radical (unpaired) electrons. The van der Waals surface area contributed by atoms with Crippen LogP contribution in [0.2, 0.25) is 0 Å². The summed E-state index contributed by atoms with van der Waals surface area (Å²) < 4.78 is 7.16. The number of carbonyl (C=O) groups excluding carboxylic acids is 1. The number of fused-ring (bicyclic) bond motifs is 1. The molecule has 2 aliphatic heterocycles. The average molecular weight is 366 g/mol. The lowest BCUT2D eigenvalue weighted by molar-refractivity contribution is -0.116. The number of carbonyl (C=O) groups is 1. The van der Waals surface area contributed by atoms with Crippen molar-refractivity contribution < 1.29 is 9.53 Å². The van der Waals surface area contributed by atoms with E-state index in [0.717, 1.165) is 61.3 Å². The van der Waals surface area contributed by atoms with Crippen LogP contribution in [0.4, 0.5) is 5.69 Å². The molecule has 0 unspecified atom stereocenters. The van der Waals surface area contributed by atoms with Crippen molar-refractivity contribution in [1.29, 1.82) is 0 Å². The Labute approximate surface area is 159 Å². The molecule has 142 valence electrons. The van der Waals surface area contributed by atoms with Gasteiger partial charge < -0.3 is 14.6 Å². The van der Waals surface area contributed by atoms with Gasteiger partial charge in [-0.05, 0) is 66.8 Å². The van der Waals surface area contributed by atoms with Crippen LogP contribution in [0.1, 0.15) is 36.0 Å². The van der Waals surface area contributed by atoms with Gasteiger partial charge in [0.25, 0.3) is 5.56 Å². The highest BCUT2D eigenvalue weighted by Crippen LogP contribution is 2.37. The van der Waals surface area contributed by atoms with Crippen LogP contribution in [0.5, 0.6) is 0 Å². The van der Waals surface area contributed by atoms with Crippen LogP contribution < -0.4 is 10.9 Å². The molecule has 2 aromatic rings. The lowest BCUT2D eigenvalue weighted by Crippen LogP contribution is -2.23. The van der Waals surface area contributed by atoms with Crippen LogP contribution in [0.25, 0.3) is 11.1 Å². The number of aryl methyl sites for hydroxylation is 3.